The number of rotatable bonds is 52. The van der Waals surface area contributed by atoms with Gasteiger partial charge in [-0.25, -0.2) is 0 Å². The Morgan fingerprint density at radius 3 is 1.40 bits per heavy atom. The third-order valence-electron chi connectivity index (χ3n) is 14.2. The van der Waals surface area contributed by atoms with Crippen molar-refractivity contribution in [2.45, 2.75) is 320 Å². The van der Waals surface area contributed by atoms with E-state index in [1.807, 2.05) is 6.08 Å². The molecule has 7 unspecified atom stereocenters. The number of aliphatic hydroxyl groups excluding tert-OH is 5. The number of hydrogen-bond donors (Lipinski definition) is 6. The molecule has 0 radical (unpaired) electrons. The maximum Gasteiger partial charge on any atom is 0.305 e. The summed E-state index contributed by atoms with van der Waals surface area (Å²) in [5.74, 6) is -0.199. The molecule has 0 aromatic heterocycles. The smallest absolute Gasteiger partial charge is 0.305 e. The summed E-state index contributed by atoms with van der Waals surface area (Å²) >= 11 is 0. The lowest BCUT2D eigenvalue weighted by Crippen LogP contribution is -2.60. The number of ether oxygens (including phenoxy) is 3. The van der Waals surface area contributed by atoms with Crippen LogP contribution >= 0.6 is 0 Å². The van der Waals surface area contributed by atoms with Crippen molar-refractivity contribution in [3.63, 3.8) is 0 Å². The zero-order chi connectivity index (χ0) is 52.4. The van der Waals surface area contributed by atoms with Crippen LogP contribution in [0.2, 0.25) is 0 Å². The monoisotopic (exact) mass is 1020 g/mol. The van der Waals surface area contributed by atoms with Gasteiger partial charge < -0.3 is 45.1 Å². The van der Waals surface area contributed by atoms with E-state index in [-0.39, 0.29) is 18.5 Å². The van der Waals surface area contributed by atoms with Crippen molar-refractivity contribution in [1.29, 1.82) is 0 Å². The normalized spacial score (nSPS) is 19.2. The van der Waals surface area contributed by atoms with Gasteiger partial charge in [0, 0.05) is 12.8 Å². The Morgan fingerprint density at radius 1 is 0.514 bits per heavy atom. The van der Waals surface area contributed by atoms with Crippen molar-refractivity contribution in [3.8, 4) is 0 Å². The van der Waals surface area contributed by atoms with E-state index < -0.39 is 49.5 Å². The topological polar surface area (TPSA) is 175 Å². The molecule has 0 bridgehead atoms. The highest BCUT2D eigenvalue weighted by Gasteiger charge is 2.44. The van der Waals surface area contributed by atoms with Crippen LogP contribution in [0.5, 0.6) is 0 Å². The minimum absolute atomic E-state index is 0.00437. The third-order valence-corrected chi connectivity index (χ3v) is 14.2. The molecule has 0 spiro atoms. The second-order valence-corrected chi connectivity index (χ2v) is 21.1. The van der Waals surface area contributed by atoms with E-state index in [0.717, 1.165) is 83.5 Å². The minimum Gasteiger partial charge on any atom is -0.466 e. The molecule has 72 heavy (non-hydrogen) atoms. The van der Waals surface area contributed by atoms with Crippen LogP contribution in [0.15, 0.2) is 36.5 Å². The SMILES string of the molecule is CCCCCCCCC/C=C/C(O)C(COC1OC(CO)C(O)C(O)C1O)NC(=O)CCCCCCCCC/C=C\C/C=C\CCCCCCCCCCCOC(=O)CCCCCCCCCCCCCC. The fraction of sp³-hybridized carbons (Fsp3) is 0.869. The summed E-state index contributed by atoms with van der Waals surface area (Å²) in [5.41, 5.74) is 0. The van der Waals surface area contributed by atoms with E-state index in [0.29, 0.717) is 19.4 Å². The Kier molecular flexibility index (Phi) is 48.1. The van der Waals surface area contributed by atoms with E-state index >= 15 is 0 Å². The number of allylic oxidation sites excluding steroid dienone is 5. The number of carbonyl (C=O) groups is 2. The van der Waals surface area contributed by atoms with Gasteiger partial charge in [-0.05, 0) is 64.2 Å². The van der Waals surface area contributed by atoms with Gasteiger partial charge in [0.2, 0.25) is 5.91 Å². The van der Waals surface area contributed by atoms with Crippen molar-refractivity contribution in [2.75, 3.05) is 19.8 Å². The number of hydrogen-bond acceptors (Lipinski definition) is 10. The first-order chi connectivity index (χ1) is 35.2. The predicted molar refractivity (Wildman–Crippen MR) is 297 cm³/mol. The van der Waals surface area contributed by atoms with Crippen LogP contribution in [0.1, 0.15) is 277 Å². The number of amides is 1. The number of unbranched alkanes of at least 4 members (excludes halogenated alkanes) is 34. The van der Waals surface area contributed by atoms with Gasteiger partial charge in [-0.1, -0.05) is 237 Å². The van der Waals surface area contributed by atoms with Gasteiger partial charge in [0.15, 0.2) is 6.29 Å². The van der Waals surface area contributed by atoms with Crippen LogP contribution in [0, 0.1) is 0 Å². The average Bonchev–Trinajstić information content (AvgIpc) is 3.38. The maximum atomic E-state index is 13.0. The van der Waals surface area contributed by atoms with Crippen molar-refractivity contribution in [3.05, 3.63) is 36.5 Å². The van der Waals surface area contributed by atoms with Crippen LogP contribution in [-0.2, 0) is 23.8 Å². The number of nitrogens with one attached hydrogen (secondary N) is 1. The first kappa shape index (κ1) is 67.9. The third kappa shape index (κ3) is 40.2. The summed E-state index contributed by atoms with van der Waals surface area (Å²) in [7, 11) is 0. The molecule has 11 heteroatoms. The summed E-state index contributed by atoms with van der Waals surface area (Å²) in [6.45, 7) is 4.30. The Bertz CT molecular complexity index is 1290. The lowest BCUT2D eigenvalue weighted by Gasteiger charge is -2.40. The summed E-state index contributed by atoms with van der Waals surface area (Å²) < 4.78 is 16.7. The van der Waals surface area contributed by atoms with E-state index in [4.69, 9.17) is 14.2 Å². The van der Waals surface area contributed by atoms with Crippen molar-refractivity contribution in [1.82, 2.24) is 5.32 Å². The second-order valence-electron chi connectivity index (χ2n) is 21.1. The van der Waals surface area contributed by atoms with Gasteiger partial charge >= 0.3 is 5.97 Å². The predicted octanol–water partition coefficient (Wildman–Crippen LogP) is 13.9. The van der Waals surface area contributed by atoms with Gasteiger partial charge in [-0.15, -0.1) is 0 Å². The van der Waals surface area contributed by atoms with Crippen molar-refractivity contribution < 1.29 is 49.3 Å². The van der Waals surface area contributed by atoms with Gasteiger partial charge in [0.25, 0.3) is 0 Å². The van der Waals surface area contributed by atoms with Gasteiger partial charge in [0.1, 0.15) is 24.4 Å². The summed E-state index contributed by atoms with van der Waals surface area (Å²) in [6, 6.07) is -0.816. The standard InChI is InChI=1S/C61H113NO10/c1-3-5-7-9-11-13-14-29-33-37-41-45-49-57(66)70-50-46-42-38-34-30-27-25-23-21-19-17-15-16-18-20-22-24-26-28-32-36-40-44-48-56(65)62-53(54(64)47-43-39-35-31-12-10-8-6-4-2)52-71-61-60(69)59(68)58(67)55(51-63)72-61/h15,17-18,20,43,47,53-55,58-61,63-64,67-69H,3-14,16,19,21-42,44-46,48-52H2,1-2H3,(H,62,65)/b17-15-,20-18-,47-43+. The van der Waals surface area contributed by atoms with Gasteiger partial charge in [-0.3, -0.25) is 9.59 Å². The minimum atomic E-state index is -1.57. The molecule has 1 aliphatic rings. The van der Waals surface area contributed by atoms with E-state index in [9.17, 15) is 35.1 Å². The second kappa shape index (κ2) is 51.0. The molecule has 0 aromatic rings. The lowest BCUT2D eigenvalue weighted by atomic mass is 9.99. The van der Waals surface area contributed by atoms with E-state index in [1.165, 1.54) is 167 Å². The van der Waals surface area contributed by atoms with E-state index in [2.05, 4.69) is 43.5 Å². The first-order valence-corrected chi connectivity index (χ1v) is 30.3. The highest BCUT2D eigenvalue weighted by atomic mass is 16.7. The van der Waals surface area contributed by atoms with Crippen molar-refractivity contribution >= 4 is 11.9 Å². The zero-order valence-electron chi connectivity index (χ0n) is 46.4. The molecule has 1 heterocycles. The van der Waals surface area contributed by atoms with Crippen molar-refractivity contribution in [2.24, 2.45) is 0 Å². The van der Waals surface area contributed by atoms with Crippen LogP contribution in [-0.4, -0.2) is 100 Å². The molecule has 1 amide bonds. The van der Waals surface area contributed by atoms with E-state index in [1.54, 1.807) is 6.08 Å². The van der Waals surface area contributed by atoms with Crippen LogP contribution < -0.4 is 5.32 Å². The molecule has 0 aromatic carbocycles. The van der Waals surface area contributed by atoms with Gasteiger partial charge in [-0.2, -0.15) is 0 Å². The highest BCUT2D eigenvalue weighted by Crippen LogP contribution is 2.23. The molecule has 11 nitrogen and oxygen atoms in total. The van der Waals surface area contributed by atoms with Crippen LogP contribution in [0.3, 0.4) is 0 Å². The Morgan fingerprint density at radius 2 is 0.931 bits per heavy atom. The molecule has 0 saturated carbocycles. The molecular formula is C61H113NO10. The molecular weight excluding hydrogens is 907 g/mol. The Balaban J connectivity index is 2.03. The lowest BCUT2D eigenvalue weighted by molar-refractivity contribution is -0.302. The molecule has 1 fully saturated rings. The molecule has 1 saturated heterocycles. The maximum absolute atomic E-state index is 13.0. The largest absolute Gasteiger partial charge is 0.466 e. The summed E-state index contributed by atoms with van der Waals surface area (Å²) in [5, 5.41) is 54.2. The molecule has 1 rings (SSSR count). The number of aliphatic hydroxyl groups is 5. The Labute approximate surface area is 441 Å². The first-order valence-electron chi connectivity index (χ1n) is 30.3. The Hall–Kier alpha value is -2.12. The fourth-order valence-electron chi connectivity index (χ4n) is 9.41. The number of carbonyl (C=O) groups excluding carboxylic acids is 2. The van der Waals surface area contributed by atoms with Gasteiger partial charge in [0.05, 0.1) is 32.0 Å². The van der Waals surface area contributed by atoms with Crippen LogP contribution in [0.25, 0.3) is 0 Å². The molecule has 6 N–H and O–H groups in total. The average molecular weight is 1020 g/mol. The van der Waals surface area contributed by atoms with Crippen LogP contribution in [0.4, 0.5) is 0 Å². The molecule has 422 valence electrons. The number of esters is 1. The quantitative estimate of drug-likeness (QED) is 0.0195. The zero-order valence-corrected chi connectivity index (χ0v) is 46.4. The summed E-state index contributed by atoms with van der Waals surface area (Å²) in [4.78, 5) is 25.0. The summed E-state index contributed by atoms with van der Waals surface area (Å²) in [6.07, 6.45) is 52.5. The molecule has 7 atom stereocenters. The molecule has 1 aliphatic heterocycles. The highest BCUT2D eigenvalue weighted by molar-refractivity contribution is 5.76. The molecule has 0 aliphatic carbocycles. The fourth-order valence-corrected chi connectivity index (χ4v) is 9.41.